The molecule has 0 amide bonds. The van der Waals surface area contributed by atoms with Crippen LogP contribution in [0.15, 0.2) is 85.0 Å². The van der Waals surface area contributed by atoms with E-state index in [1.807, 2.05) is 86.7 Å². The summed E-state index contributed by atoms with van der Waals surface area (Å²) in [5.41, 5.74) is 2.39. The lowest BCUT2D eigenvalue weighted by atomic mass is 10.1. The normalized spacial score (nSPS) is 8.85. The predicted molar refractivity (Wildman–Crippen MR) is 120 cm³/mol. The Morgan fingerprint density at radius 3 is 1.58 bits per heavy atom. The van der Waals surface area contributed by atoms with E-state index in [-0.39, 0.29) is 0 Å². The van der Waals surface area contributed by atoms with Gasteiger partial charge in [-0.25, -0.2) is 0 Å². The number of hydrogen-bond acceptors (Lipinski definition) is 0. The van der Waals surface area contributed by atoms with E-state index in [2.05, 4.69) is 51.7 Å². The minimum Gasteiger partial charge on any atom is -0.0982 e. The Morgan fingerprint density at radius 1 is 0.769 bits per heavy atom. The maximum absolute atomic E-state index is 3.09. The Morgan fingerprint density at radius 2 is 1.23 bits per heavy atom. The van der Waals surface area contributed by atoms with Crippen molar-refractivity contribution < 1.29 is 0 Å². The molecule has 2 rings (SSSR count). The molecule has 140 valence electrons. The lowest BCUT2D eigenvalue weighted by Crippen LogP contribution is -1.75. The molecule has 0 heteroatoms. The van der Waals surface area contributed by atoms with E-state index in [1.54, 1.807) is 0 Å². The quantitative estimate of drug-likeness (QED) is 0.362. The van der Waals surface area contributed by atoms with Gasteiger partial charge < -0.3 is 0 Å². The van der Waals surface area contributed by atoms with E-state index < -0.39 is 0 Å². The fourth-order valence-corrected chi connectivity index (χ4v) is 1.52. The second kappa shape index (κ2) is 22.5. The summed E-state index contributed by atoms with van der Waals surface area (Å²) in [4.78, 5) is 0. The van der Waals surface area contributed by atoms with Crippen LogP contribution in [-0.4, -0.2) is 0 Å². The van der Waals surface area contributed by atoms with Gasteiger partial charge in [-0.2, -0.15) is 0 Å². The standard InChI is InChI=1S/C11H12.C6H6.C6H10.C3H8/c1-3-4-7-11-8-5-6-10(2)9-11;1-2-4-6-5-3-1;1-3-5-6-4-2;1-3-2/h5-6,8-9H,3H2,1-2H3;1-6H;3-6H,1-2H3;3H2,1-2H3/b;;5-3-,6-4-;. The smallest absolute Gasteiger partial charge is 0.0247 e. The number of hydrogen-bond donors (Lipinski definition) is 0. The van der Waals surface area contributed by atoms with Crippen LogP contribution in [0.3, 0.4) is 0 Å². The first kappa shape index (κ1) is 25.7. The Bertz CT molecular complexity index is 585. The van der Waals surface area contributed by atoms with E-state index in [1.165, 1.54) is 12.0 Å². The van der Waals surface area contributed by atoms with Crippen molar-refractivity contribution in [1.29, 1.82) is 0 Å². The number of benzene rings is 2. The highest BCUT2D eigenvalue weighted by atomic mass is 13.9. The molecule has 0 nitrogen and oxygen atoms in total. The van der Waals surface area contributed by atoms with Crippen LogP contribution in [0.1, 0.15) is 58.6 Å². The van der Waals surface area contributed by atoms with Crippen molar-refractivity contribution in [3.8, 4) is 11.8 Å². The van der Waals surface area contributed by atoms with Gasteiger partial charge >= 0.3 is 0 Å². The van der Waals surface area contributed by atoms with E-state index in [9.17, 15) is 0 Å². The number of aryl methyl sites for hydroxylation is 1. The number of rotatable bonds is 1. The molecule has 0 aliphatic rings. The monoisotopic (exact) mass is 348 g/mol. The van der Waals surface area contributed by atoms with E-state index in [4.69, 9.17) is 0 Å². The lowest BCUT2D eigenvalue weighted by Gasteiger charge is -1.91. The third-order valence-electron chi connectivity index (χ3n) is 2.59. The Balaban J connectivity index is 0. The van der Waals surface area contributed by atoms with Gasteiger partial charge in [-0.1, -0.05) is 112 Å². The largest absolute Gasteiger partial charge is 0.0982 e. The van der Waals surface area contributed by atoms with Crippen molar-refractivity contribution in [1.82, 2.24) is 0 Å². The van der Waals surface area contributed by atoms with Crippen molar-refractivity contribution in [3.63, 3.8) is 0 Å². The van der Waals surface area contributed by atoms with Crippen LogP contribution in [0.25, 0.3) is 0 Å². The summed E-state index contributed by atoms with van der Waals surface area (Å²) in [5.74, 6) is 6.13. The second-order valence-electron chi connectivity index (χ2n) is 5.44. The Hall–Kier alpha value is -2.52. The number of allylic oxidation sites excluding steroid dienone is 4. The molecule has 0 aliphatic heterocycles. The third kappa shape index (κ3) is 21.5. The van der Waals surface area contributed by atoms with E-state index in [0.29, 0.717) is 0 Å². The van der Waals surface area contributed by atoms with Crippen molar-refractivity contribution in [3.05, 3.63) is 96.1 Å². The minimum atomic E-state index is 0.925. The maximum Gasteiger partial charge on any atom is 0.0247 e. The summed E-state index contributed by atoms with van der Waals surface area (Å²) in [6.45, 7) is 12.4. The van der Waals surface area contributed by atoms with Gasteiger partial charge in [-0.05, 0) is 38.5 Å². The first-order valence-electron chi connectivity index (χ1n) is 9.45. The fraction of sp³-hybridized carbons (Fsp3) is 0.308. The van der Waals surface area contributed by atoms with Crippen LogP contribution < -0.4 is 0 Å². The molecule has 0 radical (unpaired) electrons. The highest BCUT2D eigenvalue weighted by Gasteiger charge is 1.84. The molecular formula is C26H36. The average Bonchev–Trinajstić information content (AvgIpc) is 2.68. The van der Waals surface area contributed by atoms with Gasteiger partial charge in [-0.3, -0.25) is 0 Å². The summed E-state index contributed by atoms with van der Waals surface area (Å²) in [6, 6.07) is 20.3. The van der Waals surface area contributed by atoms with E-state index in [0.717, 1.165) is 12.0 Å². The van der Waals surface area contributed by atoms with Crippen molar-refractivity contribution in [2.24, 2.45) is 0 Å². The summed E-state index contributed by atoms with van der Waals surface area (Å²) in [6.07, 6.45) is 10.2. The van der Waals surface area contributed by atoms with Crippen molar-refractivity contribution in [2.45, 2.75) is 54.4 Å². The molecule has 0 saturated heterocycles. The molecule has 0 fully saturated rings. The SMILES string of the molecule is C/C=C\C=C/C.CCC.CCC#Cc1cccc(C)c1.c1ccccc1. The summed E-state index contributed by atoms with van der Waals surface area (Å²) in [5, 5.41) is 0. The summed E-state index contributed by atoms with van der Waals surface area (Å²) >= 11 is 0. The zero-order valence-corrected chi connectivity index (χ0v) is 17.5. The molecule has 0 aliphatic carbocycles. The molecule has 0 N–H and O–H groups in total. The van der Waals surface area contributed by atoms with Crippen molar-refractivity contribution >= 4 is 0 Å². The highest BCUT2D eigenvalue weighted by molar-refractivity contribution is 5.36. The summed E-state index contributed by atoms with van der Waals surface area (Å²) in [7, 11) is 0. The van der Waals surface area contributed by atoms with Crippen LogP contribution in [0.2, 0.25) is 0 Å². The first-order valence-corrected chi connectivity index (χ1v) is 9.45. The average molecular weight is 349 g/mol. The van der Waals surface area contributed by atoms with Crippen LogP contribution in [0, 0.1) is 18.8 Å². The Kier molecular flexibility index (Phi) is 22.2. The van der Waals surface area contributed by atoms with Gasteiger partial charge in [0.1, 0.15) is 0 Å². The van der Waals surface area contributed by atoms with Gasteiger partial charge in [0.05, 0.1) is 0 Å². The minimum absolute atomic E-state index is 0.925. The van der Waals surface area contributed by atoms with Crippen molar-refractivity contribution in [2.75, 3.05) is 0 Å². The zero-order valence-electron chi connectivity index (χ0n) is 17.5. The molecule has 0 aromatic heterocycles. The maximum atomic E-state index is 3.09. The fourth-order valence-electron chi connectivity index (χ4n) is 1.52. The molecule has 2 aromatic rings. The molecular weight excluding hydrogens is 312 g/mol. The van der Waals surface area contributed by atoms with Gasteiger partial charge in [0, 0.05) is 12.0 Å². The van der Waals surface area contributed by atoms with Crippen LogP contribution >= 0.6 is 0 Å². The molecule has 26 heavy (non-hydrogen) atoms. The highest BCUT2D eigenvalue weighted by Crippen LogP contribution is 2.01. The van der Waals surface area contributed by atoms with Gasteiger partial charge in [0.15, 0.2) is 0 Å². The van der Waals surface area contributed by atoms with Gasteiger partial charge in [0.2, 0.25) is 0 Å². The first-order chi connectivity index (χ1) is 12.7. The van der Waals surface area contributed by atoms with Gasteiger partial charge in [-0.15, -0.1) is 0 Å². The third-order valence-corrected chi connectivity index (χ3v) is 2.59. The summed E-state index contributed by atoms with van der Waals surface area (Å²) < 4.78 is 0. The molecule has 0 saturated carbocycles. The molecule has 0 bridgehead atoms. The van der Waals surface area contributed by atoms with Crippen LogP contribution in [0.4, 0.5) is 0 Å². The second-order valence-corrected chi connectivity index (χ2v) is 5.44. The topological polar surface area (TPSA) is 0 Å². The molecule has 0 unspecified atom stereocenters. The van der Waals surface area contributed by atoms with Gasteiger partial charge in [0.25, 0.3) is 0 Å². The molecule has 0 atom stereocenters. The van der Waals surface area contributed by atoms with E-state index >= 15 is 0 Å². The molecule has 0 spiro atoms. The van der Waals surface area contributed by atoms with Crippen LogP contribution in [-0.2, 0) is 0 Å². The molecule has 2 aromatic carbocycles. The zero-order chi connectivity index (χ0) is 19.9. The molecule has 0 heterocycles. The van der Waals surface area contributed by atoms with Crippen LogP contribution in [0.5, 0.6) is 0 Å². The lowest BCUT2D eigenvalue weighted by molar-refractivity contribution is 1.09. The Labute approximate surface area is 162 Å². The predicted octanol–water partition coefficient (Wildman–Crippen LogP) is 8.00.